The fraction of sp³-hybridized carbons (Fsp3) is 0.529. The third kappa shape index (κ3) is 2.36. The summed E-state index contributed by atoms with van der Waals surface area (Å²) in [4.78, 5) is 0. The number of rotatable bonds is 3. The number of hydrogen-bond acceptors (Lipinski definition) is 1. The van der Waals surface area contributed by atoms with Crippen LogP contribution in [0.15, 0.2) is 30.8 Å². The summed E-state index contributed by atoms with van der Waals surface area (Å²) in [5.74, 6) is 2.77. The second kappa shape index (κ2) is 5.34. The van der Waals surface area contributed by atoms with E-state index in [0.29, 0.717) is 10.9 Å². The van der Waals surface area contributed by atoms with E-state index in [1.54, 1.807) is 0 Å². The van der Waals surface area contributed by atoms with Crippen LogP contribution in [-0.4, -0.2) is 29.5 Å². The second-order valence-corrected chi connectivity index (χ2v) is 8.33. The molecule has 0 bridgehead atoms. The van der Waals surface area contributed by atoms with Crippen LogP contribution in [0.4, 0.5) is 0 Å². The van der Waals surface area contributed by atoms with E-state index in [-0.39, 0.29) is 4.75 Å². The quantitative estimate of drug-likeness (QED) is 0.766. The first-order valence-electron chi connectivity index (χ1n) is 7.24. The molecule has 1 unspecified atom stereocenters. The maximum Gasteiger partial charge on any atom is 0.178 e. The van der Waals surface area contributed by atoms with E-state index in [1.165, 1.54) is 47.5 Å². The Labute approximate surface area is 119 Å². The summed E-state index contributed by atoms with van der Waals surface area (Å²) in [6.45, 7) is 8.42. The first kappa shape index (κ1) is 13.3. The van der Waals surface area contributed by atoms with Crippen molar-refractivity contribution in [3.63, 3.8) is 0 Å². The van der Waals surface area contributed by atoms with Gasteiger partial charge in [0.25, 0.3) is 0 Å². The van der Waals surface area contributed by atoms with Crippen molar-refractivity contribution < 1.29 is 4.74 Å². The zero-order valence-corrected chi connectivity index (χ0v) is 12.6. The summed E-state index contributed by atoms with van der Waals surface area (Å²) in [5.41, 5.74) is 3.96. The lowest BCUT2D eigenvalue weighted by molar-refractivity contribution is 0.195. The average Bonchev–Trinajstić information content (AvgIpc) is 3.10. The van der Waals surface area contributed by atoms with Gasteiger partial charge in [-0.05, 0) is 25.3 Å². The predicted molar refractivity (Wildman–Crippen MR) is 84.7 cm³/mol. The molecule has 2 heterocycles. The molecule has 19 heavy (non-hydrogen) atoms. The van der Waals surface area contributed by atoms with Crippen LogP contribution in [0.5, 0.6) is 0 Å². The molecule has 1 atom stereocenters. The van der Waals surface area contributed by atoms with Crippen LogP contribution in [0.2, 0.25) is 0 Å². The minimum atomic E-state index is 0.242. The maximum atomic E-state index is 5.79. The van der Waals surface area contributed by atoms with E-state index >= 15 is 0 Å². The summed E-state index contributed by atoms with van der Waals surface area (Å²) < 4.78 is 6.03. The lowest BCUT2D eigenvalue weighted by Gasteiger charge is -2.28. The van der Waals surface area contributed by atoms with Crippen LogP contribution in [0, 0.1) is 6.92 Å². The number of ether oxygens (including phenoxy) is 1. The van der Waals surface area contributed by atoms with Gasteiger partial charge in [-0.2, -0.15) is 0 Å². The Bertz CT molecular complexity index is 451. The molecule has 0 saturated carbocycles. The molecule has 3 rings (SSSR count). The van der Waals surface area contributed by atoms with Gasteiger partial charge in [-0.15, -0.1) is 0 Å². The Morgan fingerprint density at radius 2 is 1.89 bits per heavy atom. The molecule has 0 aromatic heterocycles. The molecule has 1 aromatic carbocycles. The van der Waals surface area contributed by atoms with Crippen molar-refractivity contribution in [2.75, 3.05) is 24.7 Å². The fourth-order valence-corrected chi connectivity index (χ4v) is 6.43. The van der Waals surface area contributed by atoms with E-state index in [0.717, 1.165) is 13.2 Å². The Morgan fingerprint density at radius 3 is 2.47 bits per heavy atom. The fourth-order valence-electron chi connectivity index (χ4n) is 3.25. The van der Waals surface area contributed by atoms with Crippen LogP contribution >= 0.6 is 0 Å². The summed E-state index contributed by atoms with van der Waals surface area (Å²) in [5, 5.41) is 0. The van der Waals surface area contributed by atoms with Gasteiger partial charge in [-0.3, -0.25) is 0 Å². The lowest BCUT2D eigenvalue weighted by atomic mass is 9.92. The molecule has 2 aliphatic rings. The van der Waals surface area contributed by atoms with Crippen LogP contribution in [0.3, 0.4) is 0 Å². The minimum Gasteiger partial charge on any atom is -0.375 e. The molecule has 2 aliphatic heterocycles. The monoisotopic (exact) mass is 275 g/mol. The van der Waals surface area contributed by atoms with Crippen LogP contribution < -0.4 is 0 Å². The van der Waals surface area contributed by atoms with E-state index in [9.17, 15) is 0 Å². The van der Waals surface area contributed by atoms with Gasteiger partial charge in [-0.1, -0.05) is 36.4 Å². The molecule has 2 heteroatoms. The van der Waals surface area contributed by atoms with Gasteiger partial charge in [0.05, 0.1) is 6.61 Å². The lowest BCUT2D eigenvalue weighted by Crippen LogP contribution is -2.41. The number of aryl methyl sites for hydroxylation is 1. The summed E-state index contributed by atoms with van der Waals surface area (Å²) in [7, 11) is 0.478. The molecule has 102 valence electrons. The van der Waals surface area contributed by atoms with Crippen molar-refractivity contribution in [3.8, 4) is 0 Å². The SMILES string of the molecule is C=C(c1ccc(C)cc1)C1([S+]2CCCC2)CCOC1. The molecular formula is C17H23OS+. The van der Waals surface area contributed by atoms with Crippen molar-refractivity contribution in [2.45, 2.75) is 30.9 Å². The summed E-state index contributed by atoms with van der Waals surface area (Å²) >= 11 is 0. The Kier molecular flexibility index (Phi) is 3.72. The molecule has 0 N–H and O–H groups in total. The van der Waals surface area contributed by atoms with E-state index in [4.69, 9.17) is 4.74 Å². The molecule has 0 spiro atoms. The van der Waals surface area contributed by atoms with Gasteiger partial charge >= 0.3 is 0 Å². The van der Waals surface area contributed by atoms with Crippen molar-refractivity contribution in [2.24, 2.45) is 0 Å². The Hall–Kier alpha value is -0.730. The standard InChI is InChI=1S/C17H23OS/c1-14-5-7-16(8-6-14)15(2)17(9-10-18-13-17)19-11-3-4-12-19/h5-8H,2-4,9-13H2,1H3/q+1. The van der Waals surface area contributed by atoms with Crippen molar-refractivity contribution >= 4 is 16.5 Å². The summed E-state index contributed by atoms with van der Waals surface area (Å²) in [6, 6.07) is 8.86. The normalized spacial score (nSPS) is 27.8. The first-order valence-corrected chi connectivity index (χ1v) is 8.80. The number of benzene rings is 1. The van der Waals surface area contributed by atoms with Crippen LogP contribution in [-0.2, 0) is 15.6 Å². The molecule has 1 nitrogen and oxygen atoms in total. The van der Waals surface area contributed by atoms with Gasteiger partial charge in [0.15, 0.2) is 4.75 Å². The van der Waals surface area contributed by atoms with Crippen molar-refractivity contribution in [1.29, 1.82) is 0 Å². The van der Waals surface area contributed by atoms with Crippen molar-refractivity contribution in [1.82, 2.24) is 0 Å². The van der Waals surface area contributed by atoms with E-state index in [2.05, 4.69) is 37.8 Å². The minimum absolute atomic E-state index is 0.242. The molecule has 0 amide bonds. The second-order valence-electron chi connectivity index (χ2n) is 5.75. The molecule has 0 radical (unpaired) electrons. The van der Waals surface area contributed by atoms with Crippen LogP contribution in [0.25, 0.3) is 5.57 Å². The first-order chi connectivity index (χ1) is 9.22. The van der Waals surface area contributed by atoms with E-state index < -0.39 is 0 Å². The zero-order chi connectivity index (χ0) is 13.3. The molecule has 2 saturated heterocycles. The van der Waals surface area contributed by atoms with Gasteiger partial charge in [0.2, 0.25) is 0 Å². The van der Waals surface area contributed by atoms with Gasteiger partial charge in [-0.25, -0.2) is 0 Å². The Balaban J connectivity index is 1.91. The van der Waals surface area contributed by atoms with E-state index in [1.807, 2.05) is 0 Å². The highest BCUT2D eigenvalue weighted by Gasteiger charge is 2.53. The third-order valence-electron chi connectivity index (χ3n) is 4.52. The number of hydrogen-bond donors (Lipinski definition) is 0. The van der Waals surface area contributed by atoms with Crippen molar-refractivity contribution in [3.05, 3.63) is 42.0 Å². The molecular weight excluding hydrogens is 252 g/mol. The highest BCUT2D eigenvalue weighted by molar-refractivity contribution is 7.98. The van der Waals surface area contributed by atoms with Gasteiger partial charge in [0.1, 0.15) is 18.1 Å². The average molecular weight is 275 g/mol. The molecule has 0 aliphatic carbocycles. The Morgan fingerprint density at radius 1 is 1.21 bits per heavy atom. The van der Waals surface area contributed by atoms with Crippen LogP contribution in [0.1, 0.15) is 30.4 Å². The largest absolute Gasteiger partial charge is 0.375 e. The summed E-state index contributed by atoms with van der Waals surface area (Å²) in [6.07, 6.45) is 3.96. The third-order valence-corrected chi connectivity index (χ3v) is 7.76. The highest BCUT2D eigenvalue weighted by atomic mass is 32.2. The molecule has 2 fully saturated rings. The molecule has 1 aromatic rings. The van der Waals surface area contributed by atoms with Gasteiger partial charge < -0.3 is 4.74 Å². The predicted octanol–water partition coefficient (Wildman–Crippen LogP) is 3.58. The highest BCUT2D eigenvalue weighted by Crippen LogP contribution is 2.43. The topological polar surface area (TPSA) is 9.23 Å². The maximum absolute atomic E-state index is 5.79. The smallest absolute Gasteiger partial charge is 0.178 e. The zero-order valence-electron chi connectivity index (χ0n) is 11.8. The van der Waals surface area contributed by atoms with Gasteiger partial charge in [0, 0.05) is 22.9 Å².